The summed E-state index contributed by atoms with van der Waals surface area (Å²) >= 11 is 0. The molecule has 2 aromatic rings. The van der Waals surface area contributed by atoms with Crippen LogP contribution in [0.2, 0.25) is 0 Å². The second kappa shape index (κ2) is 6.19. The van der Waals surface area contributed by atoms with Gasteiger partial charge in [0, 0.05) is 25.7 Å². The number of ether oxygens (including phenoxy) is 1. The van der Waals surface area contributed by atoms with Crippen molar-refractivity contribution in [3.63, 3.8) is 0 Å². The number of fused-ring (bicyclic) bond motifs is 1. The van der Waals surface area contributed by atoms with E-state index >= 15 is 0 Å². The number of anilines is 1. The number of hydrogen-bond donors (Lipinski definition) is 0. The zero-order valence-electron chi connectivity index (χ0n) is 13.9. The van der Waals surface area contributed by atoms with Crippen molar-refractivity contribution in [1.82, 2.24) is 15.0 Å². The number of nitrogens with zero attached hydrogens (tertiary/aromatic N) is 4. The molecule has 0 saturated carbocycles. The molecular weight excluding hydrogens is 324 g/mol. The molecule has 1 fully saturated rings. The minimum Gasteiger partial charge on any atom is -0.482 e. The topological polar surface area (TPSA) is 88.8 Å². The molecule has 2 aliphatic rings. The predicted molar refractivity (Wildman–Crippen MR) is 88.4 cm³/mol. The largest absolute Gasteiger partial charge is 0.482 e. The molecule has 4 rings (SSSR count). The average molecular weight is 342 g/mol. The van der Waals surface area contributed by atoms with Gasteiger partial charge in [-0.05, 0) is 37.5 Å². The summed E-state index contributed by atoms with van der Waals surface area (Å²) in [4.78, 5) is 31.6. The number of carbonyl (C=O) groups is 2. The van der Waals surface area contributed by atoms with Gasteiger partial charge >= 0.3 is 11.8 Å². The molecule has 0 N–H and O–H groups in total. The SMILES string of the molecule is CN1C(=O)COc2cc(-c3noc(C(=O)N4CCCCC4)n3)ccc21. The Morgan fingerprint density at radius 3 is 2.80 bits per heavy atom. The Bertz CT molecular complexity index is 826. The lowest BCUT2D eigenvalue weighted by atomic mass is 10.1. The van der Waals surface area contributed by atoms with Crippen molar-refractivity contribution in [3.05, 3.63) is 24.1 Å². The van der Waals surface area contributed by atoms with Crippen LogP contribution in [0.3, 0.4) is 0 Å². The number of carbonyl (C=O) groups excluding carboxylic acids is 2. The summed E-state index contributed by atoms with van der Waals surface area (Å²) in [6, 6.07) is 5.29. The first-order valence-electron chi connectivity index (χ1n) is 8.30. The summed E-state index contributed by atoms with van der Waals surface area (Å²) in [7, 11) is 1.70. The third-order valence-corrected chi connectivity index (χ3v) is 4.56. The van der Waals surface area contributed by atoms with E-state index in [0.717, 1.165) is 32.4 Å². The summed E-state index contributed by atoms with van der Waals surface area (Å²) in [6.07, 6.45) is 3.15. The normalized spacial score (nSPS) is 17.2. The van der Waals surface area contributed by atoms with Crippen LogP contribution in [-0.2, 0) is 4.79 Å². The standard InChI is InChI=1S/C17H18N4O4/c1-20-12-6-5-11(9-13(12)24-10-14(20)22)15-18-16(25-19-15)17(23)21-7-3-2-4-8-21/h5-6,9H,2-4,7-8,10H2,1H3. The Morgan fingerprint density at radius 1 is 1.20 bits per heavy atom. The predicted octanol–water partition coefficient (Wildman–Crippen LogP) is 1.72. The molecule has 25 heavy (non-hydrogen) atoms. The summed E-state index contributed by atoms with van der Waals surface area (Å²) in [5.74, 6) is 0.578. The smallest absolute Gasteiger partial charge is 0.316 e. The van der Waals surface area contributed by atoms with Gasteiger partial charge in [0.25, 0.3) is 5.91 Å². The monoisotopic (exact) mass is 342 g/mol. The summed E-state index contributed by atoms with van der Waals surface area (Å²) in [6.45, 7) is 1.45. The minimum atomic E-state index is -0.224. The number of piperidine rings is 1. The number of hydrogen-bond acceptors (Lipinski definition) is 6. The molecule has 2 aliphatic heterocycles. The van der Waals surface area contributed by atoms with Crippen LogP contribution in [0.4, 0.5) is 5.69 Å². The van der Waals surface area contributed by atoms with Crippen LogP contribution in [0.1, 0.15) is 29.9 Å². The molecular formula is C17H18N4O4. The van der Waals surface area contributed by atoms with Gasteiger partial charge in [0.1, 0.15) is 5.75 Å². The molecule has 0 unspecified atom stereocenters. The van der Waals surface area contributed by atoms with Crippen LogP contribution < -0.4 is 9.64 Å². The van der Waals surface area contributed by atoms with Gasteiger partial charge < -0.3 is 19.1 Å². The molecule has 0 radical (unpaired) electrons. The molecule has 1 aromatic heterocycles. The zero-order valence-corrected chi connectivity index (χ0v) is 13.9. The van der Waals surface area contributed by atoms with Crippen molar-refractivity contribution in [1.29, 1.82) is 0 Å². The molecule has 8 nitrogen and oxygen atoms in total. The lowest BCUT2D eigenvalue weighted by Crippen LogP contribution is -2.35. The van der Waals surface area contributed by atoms with Crippen LogP contribution in [0.5, 0.6) is 5.75 Å². The van der Waals surface area contributed by atoms with Crippen molar-refractivity contribution < 1.29 is 18.8 Å². The van der Waals surface area contributed by atoms with E-state index in [2.05, 4.69) is 10.1 Å². The molecule has 2 amide bonds. The highest BCUT2D eigenvalue weighted by Gasteiger charge is 2.26. The number of likely N-dealkylation sites (N-methyl/N-ethyl adjacent to an activating group) is 1. The van der Waals surface area contributed by atoms with Crippen molar-refractivity contribution >= 4 is 17.5 Å². The van der Waals surface area contributed by atoms with E-state index < -0.39 is 0 Å². The highest BCUT2D eigenvalue weighted by molar-refractivity contribution is 5.97. The third kappa shape index (κ3) is 2.84. The second-order valence-electron chi connectivity index (χ2n) is 6.20. The second-order valence-corrected chi connectivity index (χ2v) is 6.20. The van der Waals surface area contributed by atoms with Gasteiger partial charge in [0.2, 0.25) is 5.82 Å². The van der Waals surface area contributed by atoms with Gasteiger partial charge in [0.05, 0.1) is 5.69 Å². The maximum Gasteiger partial charge on any atom is 0.316 e. The summed E-state index contributed by atoms with van der Waals surface area (Å²) in [5, 5.41) is 3.92. The maximum atomic E-state index is 12.4. The van der Waals surface area contributed by atoms with E-state index in [-0.39, 0.29) is 24.3 Å². The zero-order chi connectivity index (χ0) is 17.4. The van der Waals surface area contributed by atoms with E-state index in [0.29, 0.717) is 22.8 Å². The van der Waals surface area contributed by atoms with Gasteiger partial charge in [-0.25, -0.2) is 0 Å². The van der Waals surface area contributed by atoms with Crippen LogP contribution >= 0.6 is 0 Å². The highest BCUT2D eigenvalue weighted by Crippen LogP contribution is 2.34. The molecule has 0 bridgehead atoms. The first-order chi connectivity index (χ1) is 12.1. The molecule has 0 aliphatic carbocycles. The van der Waals surface area contributed by atoms with Crippen molar-refractivity contribution in [2.75, 3.05) is 31.6 Å². The number of likely N-dealkylation sites (tertiary alicyclic amines) is 1. The van der Waals surface area contributed by atoms with Gasteiger partial charge in [-0.2, -0.15) is 4.98 Å². The van der Waals surface area contributed by atoms with Gasteiger partial charge in [0.15, 0.2) is 6.61 Å². The fourth-order valence-corrected chi connectivity index (χ4v) is 3.08. The average Bonchev–Trinajstić information content (AvgIpc) is 3.15. The Morgan fingerprint density at radius 2 is 2.00 bits per heavy atom. The Hall–Kier alpha value is -2.90. The number of aromatic nitrogens is 2. The van der Waals surface area contributed by atoms with Crippen LogP contribution in [0, 0.1) is 0 Å². The maximum absolute atomic E-state index is 12.4. The molecule has 0 atom stereocenters. The van der Waals surface area contributed by atoms with E-state index in [1.165, 1.54) is 0 Å². The molecule has 0 spiro atoms. The van der Waals surface area contributed by atoms with Crippen molar-refractivity contribution in [2.24, 2.45) is 0 Å². The Labute approximate surface area is 144 Å². The Balaban J connectivity index is 1.58. The van der Waals surface area contributed by atoms with Crippen LogP contribution in [0.25, 0.3) is 11.4 Å². The fourth-order valence-electron chi connectivity index (χ4n) is 3.08. The lowest BCUT2D eigenvalue weighted by molar-refractivity contribution is -0.120. The number of rotatable bonds is 2. The molecule has 8 heteroatoms. The number of benzene rings is 1. The van der Waals surface area contributed by atoms with Gasteiger partial charge in [-0.3, -0.25) is 9.59 Å². The molecule has 1 saturated heterocycles. The van der Waals surface area contributed by atoms with Crippen molar-refractivity contribution in [2.45, 2.75) is 19.3 Å². The highest BCUT2D eigenvalue weighted by atomic mass is 16.5. The lowest BCUT2D eigenvalue weighted by Gasteiger charge is -2.26. The molecule has 1 aromatic carbocycles. The summed E-state index contributed by atoms with van der Waals surface area (Å²) < 4.78 is 10.6. The third-order valence-electron chi connectivity index (χ3n) is 4.56. The summed E-state index contributed by atoms with van der Waals surface area (Å²) in [5.41, 5.74) is 1.36. The fraction of sp³-hybridized carbons (Fsp3) is 0.412. The van der Waals surface area contributed by atoms with Gasteiger partial charge in [-0.15, -0.1) is 0 Å². The van der Waals surface area contributed by atoms with E-state index in [4.69, 9.17) is 9.26 Å². The number of amides is 2. The van der Waals surface area contributed by atoms with Crippen molar-refractivity contribution in [3.8, 4) is 17.1 Å². The minimum absolute atomic E-state index is 0.00209. The van der Waals surface area contributed by atoms with Gasteiger partial charge in [-0.1, -0.05) is 5.16 Å². The first-order valence-corrected chi connectivity index (χ1v) is 8.30. The quantitative estimate of drug-likeness (QED) is 0.825. The Kier molecular flexibility index (Phi) is 3.87. The molecule has 3 heterocycles. The van der Waals surface area contributed by atoms with E-state index in [1.807, 2.05) is 0 Å². The van der Waals surface area contributed by atoms with Crippen LogP contribution in [-0.4, -0.2) is 53.6 Å². The first kappa shape index (κ1) is 15.6. The molecule has 130 valence electrons. The van der Waals surface area contributed by atoms with Crippen LogP contribution in [0.15, 0.2) is 22.7 Å². The van der Waals surface area contributed by atoms with E-state index in [1.54, 1.807) is 35.0 Å². The van der Waals surface area contributed by atoms with E-state index in [9.17, 15) is 9.59 Å².